The molecule has 1 atom stereocenters. The van der Waals surface area contributed by atoms with E-state index in [1.807, 2.05) is 0 Å². The molecule has 0 saturated heterocycles. The van der Waals surface area contributed by atoms with Gasteiger partial charge in [0, 0.05) is 18.1 Å². The third kappa shape index (κ3) is 2.41. The molecular formula is C11H11BrFNO4. The molecule has 0 aromatic heterocycles. The molecule has 1 aliphatic heterocycles. The summed E-state index contributed by atoms with van der Waals surface area (Å²) >= 11 is 3.20. The maximum Gasteiger partial charge on any atom is 0.320 e. The van der Waals surface area contributed by atoms with Crippen molar-refractivity contribution < 1.29 is 23.8 Å². The number of hydrogen-bond acceptors (Lipinski definition) is 4. The molecule has 0 fully saturated rings. The Kier molecular flexibility index (Phi) is 3.72. The van der Waals surface area contributed by atoms with Crippen LogP contribution in [0.25, 0.3) is 0 Å². The second-order valence-corrected chi connectivity index (χ2v) is 4.62. The number of halogens is 2. The first-order valence-corrected chi connectivity index (χ1v) is 6.05. The number of ether oxygens (including phenoxy) is 2. The van der Waals surface area contributed by atoms with Gasteiger partial charge in [0.1, 0.15) is 25.1 Å². The predicted molar refractivity (Wildman–Crippen MR) is 64.4 cm³/mol. The molecule has 1 heterocycles. The summed E-state index contributed by atoms with van der Waals surface area (Å²) < 4.78 is 24.8. The van der Waals surface area contributed by atoms with Crippen LogP contribution in [0.2, 0.25) is 0 Å². The molecule has 2 rings (SSSR count). The van der Waals surface area contributed by atoms with Gasteiger partial charge < -0.3 is 20.3 Å². The van der Waals surface area contributed by atoms with Crippen LogP contribution in [-0.4, -0.2) is 30.3 Å². The average Bonchev–Trinajstić information content (AvgIpc) is 2.34. The van der Waals surface area contributed by atoms with Gasteiger partial charge in [0.05, 0.1) is 4.47 Å². The van der Waals surface area contributed by atoms with Crippen molar-refractivity contribution in [1.82, 2.24) is 0 Å². The van der Waals surface area contributed by atoms with Crippen molar-refractivity contribution in [3.05, 3.63) is 21.9 Å². The van der Waals surface area contributed by atoms with Gasteiger partial charge >= 0.3 is 5.97 Å². The van der Waals surface area contributed by atoms with Crippen LogP contribution < -0.4 is 15.2 Å². The minimum Gasteiger partial charge on any atom is -0.486 e. The molecule has 0 radical (unpaired) electrons. The summed E-state index contributed by atoms with van der Waals surface area (Å²) in [6.07, 6.45) is -0.127. The van der Waals surface area contributed by atoms with E-state index in [1.165, 1.54) is 6.07 Å². The quantitative estimate of drug-likeness (QED) is 0.878. The minimum absolute atomic E-state index is 0.127. The van der Waals surface area contributed by atoms with Gasteiger partial charge in [-0.25, -0.2) is 4.39 Å². The van der Waals surface area contributed by atoms with Gasteiger partial charge in [-0.2, -0.15) is 0 Å². The van der Waals surface area contributed by atoms with Crippen LogP contribution in [0.3, 0.4) is 0 Å². The molecule has 0 spiro atoms. The van der Waals surface area contributed by atoms with Gasteiger partial charge in [0.15, 0.2) is 11.5 Å². The lowest BCUT2D eigenvalue weighted by Gasteiger charge is -2.22. The summed E-state index contributed by atoms with van der Waals surface area (Å²) in [5, 5.41) is 8.74. The highest BCUT2D eigenvalue weighted by Gasteiger charge is 2.24. The first kappa shape index (κ1) is 13.1. The number of hydrogen-bond donors (Lipinski definition) is 2. The van der Waals surface area contributed by atoms with Gasteiger partial charge in [-0.15, -0.1) is 0 Å². The van der Waals surface area contributed by atoms with Crippen LogP contribution in [0.15, 0.2) is 10.5 Å². The van der Waals surface area contributed by atoms with Crippen LogP contribution >= 0.6 is 15.9 Å². The lowest BCUT2D eigenvalue weighted by atomic mass is 10.0. The van der Waals surface area contributed by atoms with Gasteiger partial charge in [-0.1, -0.05) is 0 Å². The Labute approximate surface area is 111 Å². The first-order chi connectivity index (χ1) is 8.50. The molecule has 98 valence electrons. The number of carboxylic acid groups (broad SMARTS) is 1. The van der Waals surface area contributed by atoms with Crippen LogP contribution in [0.5, 0.6) is 11.5 Å². The number of rotatable bonds is 3. The molecule has 0 aliphatic carbocycles. The third-order valence-electron chi connectivity index (χ3n) is 2.56. The number of benzene rings is 1. The van der Waals surface area contributed by atoms with Crippen LogP contribution in [0, 0.1) is 5.82 Å². The standard InChI is InChI=1S/C11H11BrFNO4/c12-9-5(3-7(14)11(15)16)6(13)4-8-10(9)18-2-1-17-8/h4,7H,1-3,14H2,(H,15,16). The highest BCUT2D eigenvalue weighted by molar-refractivity contribution is 9.10. The molecule has 1 aromatic carbocycles. The minimum atomic E-state index is -1.18. The van der Waals surface area contributed by atoms with E-state index in [-0.39, 0.29) is 12.0 Å². The number of fused-ring (bicyclic) bond motifs is 1. The maximum absolute atomic E-state index is 13.8. The molecular weight excluding hydrogens is 309 g/mol. The zero-order valence-electron chi connectivity index (χ0n) is 9.28. The summed E-state index contributed by atoms with van der Waals surface area (Å²) in [5.74, 6) is -1.06. The molecule has 0 amide bonds. The number of carbonyl (C=O) groups is 1. The van der Waals surface area contributed by atoms with Crippen LogP contribution in [0.4, 0.5) is 4.39 Å². The maximum atomic E-state index is 13.8. The molecule has 1 aliphatic rings. The lowest BCUT2D eigenvalue weighted by molar-refractivity contribution is -0.138. The van der Waals surface area contributed by atoms with Gasteiger partial charge in [-0.3, -0.25) is 4.79 Å². The average molecular weight is 320 g/mol. The zero-order chi connectivity index (χ0) is 13.3. The van der Waals surface area contributed by atoms with Crippen molar-refractivity contribution in [2.75, 3.05) is 13.2 Å². The molecule has 0 bridgehead atoms. The highest BCUT2D eigenvalue weighted by Crippen LogP contribution is 2.41. The van der Waals surface area contributed by atoms with E-state index in [0.717, 1.165) is 0 Å². The normalized spacial score (nSPS) is 15.3. The van der Waals surface area contributed by atoms with E-state index >= 15 is 0 Å². The Balaban J connectivity index is 2.38. The molecule has 7 heteroatoms. The van der Waals surface area contributed by atoms with Crippen molar-refractivity contribution >= 4 is 21.9 Å². The van der Waals surface area contributed by atoms with Crippen molar-refractivity contribution in [3.8, 4) is 11.5 Å². The molecule has 5 nitrogen and oxygen atoms in total. The van der Waals surface area contributed by atoms with Crippen LogP contribution in [-0.2, 0) is 11.2 Å². The Bertz CT molecular complexity index is 494. The molecule has 0 saturated carbocycles. The topological polar surface area (TPSA) is 81.8 Å². The van der Waals surface area contributed by atoms with E-state index in [9.17, 15) is 9.18 Å². The van der Waals surface area contributed by atoms with Gasteiger partial charge in [-0.05, 0) is 15.9 Å². The van der Waals surface area contributed by atoms with E-state index in [1.54, 1.807) is 0 Å². The van der Waals surface area contributed by atoms with E-state index in [4.69, 9.17) is 20.3 Å². The van der Waals surface area contributed by atoms with E-state index < -0.39 is 17.8 Å². The third-order valence-corrected chi connectivity index (χ3v) is 3.40. The van der Waals surface area contributed by atoms with Gasteiger partial charge in [0.25, 0.3) is 0 Å². The second kappa shape index (κ2) is 5.11. The van der Waals surface area contributed by atoms with Crippen molar-refractivity contribution in [2.45, 2.75) is 12.5 Å². The van der Waals surface area contributed by atoms with Crippen LogP contribution in [0.1, 0.15) is 5.56 Å². The van der Waals surface area contributed by atoms with Crippen molar-refractivity contribution in [3.63, 3.8) is 0 Å². The van der Waals surface area contributed by atoms with Gasteiger partial charge in [0.2, 0.25) is 0 Å². The fraction of sp³-hybridized carbons (Fsp3) is 0.364. The Morgan fingerprint density at radius 1 is 1.56 bits per heavy atom. The fourth-order valence-corrected chi connectivity index (χ4v) is 2.31. The monoisotopic (exact) mass is 319 g/mol. The number of nitrogens with two attached hydrogens (primary N) is 1. The first-order valence-electron chi connectivity index (χ1n) is 5.25. The summed E-state index contributed by atoms with van der Waals surface area (Å²) in [6.45, 7) is 0.717. The van der Waals surface area contributed by atoms with Crippen molar-refractivity contribution in [2.24, 2.45) is 5.73 Å². The number of aliphatic carboxylic acids is 1. The molecule has 1 unspecified atom stereocenters. The molecule has 3 N–H and O–H groups in total. The molecule has 18 heavy (non-hydrogen) atoms. The lowest BCUT2D eigenvalue weighted by Crippen LogP contribution is -2.32. The zero-order valence-corrected chi connectivity index (χ0v) is 10.9. The molecule has 1 aromatic rings. The van der Waals surface area contributed by atoms with E-state index in [2.05, 4.69) is 15.9 Å². The Hall–Kier alpha value is -1.34. The number of carboxylic acids is 1. The Morgan fingerprint density at radius 3 is 2.89 bits per heavy atom. The summed E-state index contributed by atoms with van der Waals surface area (Å²) in [7, 11) is 0. The predicted octanol–water partition coefficient (Wildman–Crippen LogP) is 1.31. The highest BCUT2D eigenvalue weighted by atomic mass is 79.9. The van der Waals surface area contributed by atoms with Crippen molar-refractivity contribution in [1.29, 1.82) is 0 Å². The smallest absolute Gasteiger partial charge is 0.320 e. The summed E-state index contributed by atoms with van der Waals surface area (Å²) in [6, 6.07) is 0.0155. The largest absolute Gasteiger partial charge is 0.486 e. The fourth-order valence-electron chi connectivity index (χ4n) is 1.65. The SMILES string of the molecule is NC(Cc1c(F)cc2c(c1Br)OCCO2)C(=O)O. The summed E-state index contributed by atoms with van der Waals surface area (Å²) in [5.41, 5.74) is 5.58. The Morgan fingerprint density at radius 2 is 2.22 bits per heavy atom. The summed E-state index contributed by atoms with van der Waals surface area (Å²) in [4.78, 5) is 10.7. The van der Waals surface area contributed by atoms with E-state index in [0.29, 0.717) is 29.2 Å². The second-order valence-electron chi connectivity index (χ2n) is 3.82.